The molecule has 1 aromatic carbocycles. The van der Waals surface area contributed by atoms with Crippen LogP contribution in [0.2, 0.25) is 0 Å². The van der Waals surface area contributed by atoms with Gasteiger partial charge in [0.05, 0.1) is 0 Å². The van der Waals surface area contributed by atoms with E-state index in [1.54, 1.807) is 0 Å². The number of rotatable bonds is 7. The zero-order valence-electron chi connectivity index (χ0n) is 18.7. The summed E-state index contributed by atoms with van der Waals surface area (Å²) in [5.74, 6) is 0.894. The van der Waals surface area contributed by atoms with Gasteiger partial charge in [-0.15, -0.1) is 0 Å². The van der Waals surface area contributed by atoms with Gasteiger partial charge in [0.2, 0.25) is 0 Å². The van der Waals surface area contributed by atoms with Gasteiger partial charge in [0.1, 0.15) is 0 Å². The fraction of sp³-hybridized carbons (Fsp3) is 0.696. The van der Waals surface area contributed by atoms with Crippen LogP contribution >= 0.6 is 0 Å². The van der Waals surface area contributed by atoms with Gasteiger partial charge in [-0.2, -0.15) is 0 Å². The topological polar surface area (TPSA) is 46.1 Å². The predicted molar refractivity (Wildman–Crippen MR) is 122 cm³/mol. The number of nitrogens with zero attached hydrogens (tertiary/aromatic N) is 4. The maximum absolute atomic E-state index is 4.39. The molecule has 1 aromatic rings. The average Bonchev–Trinajstić information content (AvgIpc) is 3.11. The molecule has 29 heavy (non-hydrogen) atoms. The molecule has 0 radical (unpaired) electrons. The van der Waals surface area contributed by atoms with Crippen molar-refractivity contribution in [2.24, 2.45) is 4.99 Å². The molecule has 6 heteroatoms. The largest absolute Gasteiger partial charge is 0.355 e. The number of aliphatic imine (C=N–C) groups is 1. The van der Waals surface area contributed by atoms with E-state index in [2.05, 4.69) is 68.6 Å². The van der Waals surface area contributed by atoms with Gasteiger partial charge in [0.15, 0.2) is 5.96 Å². The monoisotopic (exact) mass is 400 g/mol. The van der Waals surface area contributed by atoms with E-state index in [0.717, 1.165) is 38.7 Å². The molecule has 0 aliphatic carbocycles. The molecule has 2 aliphatic rings. The Hall–Kier alpha value is -1.63. The van der Waals surface area contributed by atoms with Crippen molar-refractivity contribution in [1.29, 1.82) is 0 Å². The summed E-state index contributed by atoms with van der Waals surface area (Å²) in [6.45, 7) is 12.2. The lowest BCUT2D eigenvalue weighted by Gasteiger charge is -2.24. The van der Waals surface area contributed by atoms with Crippen LogP contribution in [0.1, 0.15) is 37.3 Å². The lowest BCUT2D eigenvalue weighted by Crippen LogP contribution is -2.44. The first-order valence-corrected chi connectivity index (χ1v) is 11.3. The average molecular weight is 401 g/mol. The molecule has 2 saturated heterocycles. The van der Waals surface area contributed by atoms with Gasteiger partial charge in [-0.05, 0) is 63.6 Å². The molecular weight excluding hydrogens is 360 g/mol. The summed E-state index contributed by atoms with van der Waals surface area (Å²) in [5, 5.41) is 6.97. The third-order valence-electron chi connectivity index (χ3n) is 6.34. The molecule has 0 spiro atoms. The summed E-state index contributed by atoms with van der Waals surface area (Å²) in [6, 6.07) is 9.68. The van der Waals surface area contributed by atoms with Crippen LogP contribution in [0.4, 0.5) is 0 Å². The molecule has 0 amide bonds. The van der Waals surface area contributed by atoms with Gasteiger partial charge >= 0.3 is 0 Å². The zero-order chi connectivity index (χ0) is 20.5. The number of nitrogens with one attached hydrogen (secondary N) is 2. The predicted octanol–water partition coefficient (Wildman–Crippen LogP) is 1.97. The molecule has 2 aliphatic heterocycles. The lowest BCUT2D eigenvalue weighted by atomic mass is 10.1. The molecule has 0 aromatic heterocycles. The summed E-state index contributed by atoms with van der Waals surface area (Å²) in [7, 11) is 4.07. The third-order valence-corrected chi connectivity index (χ3v) is 6.34. The molecule has 3 rings (SSSR count). The zero-order valence-corrected chi connectivity index (χ0v) is 18.7. The second kappa shape index (κ2) is 11.5. The summed E-state index contributed by atoms with van der Waals surface area (Å²) in [6.07, 6.45) is 3.86. The van der Waals surface area contributed by atoms with Crippen LogP contribution in [0.5, 0.6) is 0 Å². The molecule has 1 unspecified atom stereocenters. The van der Waals surface area contributed by atoms with Crippen molar-refractivity contribution in [3.63, 3.8) is 0 Å². The molecule has 162 valence electrons. The van der Waals surface area contributed by atoms with E-state index in [1.165, 1.54) is 56.6 Å². The minimum Gasteiger partial charge on any atom is -0.355 e. The number of hydrogen-bond donors (Lipinski definition) is 2. The smallest absolute Gasteiger partial charge is 0.191 e. The first-order valence-electron chi connectivity index (χ1n) is 11.3. The molecule has 2 fully saturated rings. The Morgan fingerprint density at radius 1 is 1.00 bits per heavy atom. The van der Waals surface area contributed by atoms with Crippen LogP contribution < -0.4 is 10.6 Å². The Morgan fingerprint density at radius 2 is 1.79 bits per heavy atom. The van der Waals surface area contributed by atoms with Crippen molar-refractivity contribution in [2.75, 3.05) is 59.9 Å². The van der Waals surface area contributed by atoms with Gasteiger partial charge in [-0.3, -0.25) is 14.8 Å². The Bertz CT molecular complexity index is 629. The number of likely N-dealkylation sites (N-methyl/N-ethyl adjacent to an activating group) is 2. The standard InChI is InChI=1S/C23H40N6/c1-4-29-14-5-7-22(29)18-26-23(24-2)25-17-20-8-10-21(11-9-20)19-28-13-6-12-27(3)15-16-28/h8-11,22H,4-7,12-19H2,1-3H3,(H2,24,25,26). The molecule has 1 atom stereocenters. The highest BCUT2D eigenvalue weighted by Crippen LogP contribution is 2.15. The lowest BCUT2D eigenvalue weighted by molar-refractivity contribution is 0.267. The number of likely N-dealkylation sites (tertiary alicyclic amines) is 1. The molecular formula is C23H40N6. The van der Waals surface area contributed by atoms with Crippen LogP contribution in [0.25, 0.3) is 0 Å². The van der Waals surface area contributed by atoms with Crippen LogP contribution in [-0.2, 0) is 13.1 Å². The fourth-order valence-corrected chi connectivity index (χ4v) is 4.44. The fourth-order valence-electron chi connectivity index (χ4n) is 4.44. The second-order valence-electron chi connectivity index (χ2n) is 8.48. The van der Waals surface area contributed by atoms with E-state index in [4.69, 9.17) is 0 Å². The van der Waals surface area contributed by atoms with Gasteiger partial charge in [0, 0.05) is 45.8 Å². The minimum atomic E-state index is 0.636. The Morgan fingerprint density at radius 3 is 2.55 bits per heavy atom. The summed E-state index contributed by atoms with van der Waals surface area (Å²) < 4.78 is 0. The van der Waals surface area contributed by atoms with Crippen molar-refractivity contribution < 1.29 is 0 Å². The highest BCUT2D eigenvalue weighted by atomic mass is 15.2. The van der Waals surface area contributed by atoms with E-state index in [9.17, 15) is 0 Å². The number of benzene rings is 1. The van der Waals surface area contributed by atoms with Gasteiger partial charge < -0.3 is 15.5 Å². The Kier molecular flexibility index (Phi) is 8.77. The van der Waals surface area contributed by atoms with Gasteiger partial charge in [-0.1, -0.05) is 31.2 Å². The van der Waals surface area contributed by atoms with E-state index in [0.29, 0.717) is 6.04 Å². The molecule has 0 bridgehead atoms. The second-order valence-corrected chi connectivity index (χ2v) is 8.48. The molecule has 0 saturated carbocycles. The normalized spacial score (nSPS) is 22.6. The van der Waals surface area contributed by atoms with Crippen LogP contribution in [0, 0.1) is 0 Å². The van der Waals surface area contributed by atoms with Crippen molar-refractivity contribution >= 4 is 5.96 Å². The number of hydrogen-bond acceptors (Lipinski definition) is 4. The Balaban J connectivity index is 1.41. The highest BCUT2D eigenvalue weighted by molar-refractivity contribution is 5.79. The summed E-state index contributed by atoms with van der Waals surface area (Å²) in [5.41, 5.74) is 2.70. The van der Waals surface area contributed by atoms with Crippen LogP contribution in [0.15, 0.2) is 29.3 Å². The van der Waals surface area contributed by atoms with Crippen molar-refractivity contribution in [2.45, 2.75) is 45.3 Å². The SMILES string of the molecule is CCN1CCCC1CNC(=NC)NCc1ccc(CN2CCCN(C)CC2)cc1. The van der Waals surface area contributed by atoms with Crippen LogP contribution in [-0.4, -0.2) is 86.6 Å². The first kappa shape index (κ1) is 22.1. The maximum Gasteiger partial charge on any atom is 0.191 e. The van der Waals surface area contributed by atoms with Crippen molar-refractivity contribution in [1.82, 2.24) is 25.3 Å². The maximum atomic E-state index is 4.39. The highest BCUT2D eigenvalue weighted by Gasteiger charge is 2.22. The van der Waals surface area contributed by atoms with Crippen molar-refractivity contribution in [3.05, 3.63) is 35.4 Å². The van der Waals surface area contributed by atoms with E-state index < -0.39 is 0 Å². The van der Waals surface area contributed by atoms with Gasteiger partial charge in [0.25, 0.3) is 0 Å². The third kappa shape index (κ3) is 6.98. The first-order chi connectivity index (χ1) is 14.2. The molecule has 6 nitrogen and oxygen atoms in total. The number of guanidine groups is 1. The Labute approximate surface area is 177 Å². The van der Waals surface area contributed by atoms with Crippen molar-refractivity contribution in [3.8, 4) is 0 Å². The van der Waals surface area contributed by atoms with E-state index in [-0.39, 0.29) is 0 Å². The van der Waals surface area contributed by atoms with Crippen LogP contribution in [0.3, 0.4) is 0 Å². The minimum absolute atomic E-state index is 0.636. The molecule has 2 N–H and O–H groups in total. The molecule has 2 heterocycles. The quantitative estimate of drug-likeness (QED) is 0.541. The van der Waals surface area contributed by atoms with Gasteiger partial charge in [-0.25, -0.2) is 0 Å². The van der Waals surface area contributed by atoms with E-state index in [1.807, 2.05) is 7.05 Å². The summed E-state index contributed by atoms with van der Waals surface area (Å²) in [4.78, 5) is 12.0. The van der Waals surface area contributed by atoms with E-state index >= 15 is 0 Å². The summed E-state index contributed by atoms with van der Waals surface area (Å²) >= 11 is 0.